The molecule has 1 aliphatic carbocycles. The lowest BCUT2D eigenvalue weighted by molar-refractivity contribution is -0.183. The molecule has 21 heavy (non-hydrogen) atoms. The Kier molecular flexibility index (Phi) is 5.52. The number of rotatable bonds is 3. The van der Waals surface area contributed by atoms with Crippen LogP contribution in [-0.4, -0.2) is 42.2 Å². The Morgan fingerprint density at radius 2 is 1.81 bits per heavy atom. The molecule has 1 amide bonds. The number of nitrogens with zero attached hydrogens (tertiary/aromatic N) is 1. The van der Waals surface area contributed by atoms with Crippen LogP contribution in [0.25, 0.3) is 0 Å². The maximum atomic E-state index is 12.8. The van der Waals surface area contributed by atoms with Gasteiger partial charge >= 0.3 is 6.18 Å². The van der Waals surface area contributed by atoms with Crippen molar-refractivity contribution in [2.75, 3.05) is 13.1 Å². The van der Waals surface area contributed by atoms with Crippen LogP contribution in [0.4, 0.5) is 13.2 Å². The Bertz CT molecular complexity index is 353. The second-order valence-corrected chi connectivity index (χ2v) is 6.38. The smallest absolute Gasteiger partial charge is 0.341 e. The molecule has 0 radical (unpaired) electrons. The van der Waals surface area contributed by atoms with Gasteiger partial charge in [-0.3, -0.25) is 4.79 Å². The van der Waals surface area contributed by atoms with E-state index in [1.165, 1.54) is 0 Å². The number of alkyl halides is 3. The Morgan fingerprint density at radius 1 is 1.14 bits per heavy atom. The van der Waals surface area contributed by atoms with E-state index in [2.05, 4.69) is 5.32 Å². The Morgan fingerprint density at radius 3 is 2.43 bits per heavy atom. The number of hydrogen-bond donors (Lipinski definition) is 1. The number of nitrogens with one attached hydrogen (secondary N) is 1. The zero-order chi connectivity index (χ0) is 15.5. The van der Waals surface area contributed by atoms with Gasteiger partial charge in [0.15, 0.2) is 0 Å². The van der Waals surface area contributed by atoms with Gasteiger partial charge in [-0.05, 0) is 45.4 Å². The van der Waals surface area contributed by atoms with Gasteiger partial charge in [-0.25, -0.2) is 0 Å². The molecule has 2 aliphatic rings. The highest BCUT2D eigenvalue weighted by Crippen LogP contribution is 2.37. The fourth-order valence-electron chi connectivity index (χ4n) is 3.45. The summed E-state index contributed by atoms with van der Waals surface area (Å²) in [6.45, 7) is 3.33. The van der Waals surface area contributed by atoms with Crippen molar-refractivity contribution in [3.63, 3.8) is 0 Å². The van der Waals surface area contributed by atoms with Crippen LogP contribution in [-0.2, 0) is 4.79 Å². The van der Waals surface area contributed by atoms with Gasteiger partial charge in [-0.15, -0.1) is 0 Å². The summed E-state index contributed by atoms with van der Waals surface area (Å²) in [6.07, 6.45) is 0.714. The molecule has 6 heteroatoms. The molecule has 2 fully saturated rings. The molecule has 1 saturated heterocycles. The normalized spacial score (nSPS) is 29.2. The molecule has 0 bridgehead atoms. The van der Waals surface area contributed by atoms with E-state index in [-0.39, 0.29) is 30.8 Å². The first-order chi connectivity index (χ1) is 9.88. The van der Waals surface area contributed by atoms with Crippen molar-refractivity contribution in [2.24, 2.45) is 5.92 Å². The molecule has 2 rings (SSSR count). The Balaban J connectivity index is 1.84. The Hall–Kier alpha value is -0.780. The van der Waals surface area contributed by atoms with Crippen LogP contribution in [0.15, 0.2) is 0 Å². The van der Waals surface area contributed by atoms with E-state index < -0.39 is 12.1 Å². The van der Waals surface area contributed by atoms with Crippen molar-refractivity contribution in [3.8, 4) is 0 Å². The number of halogens is 3. The highest BCUT2D eigenvalue weighted by Gasteiger charge is 2.42. The maximum Gasteiger partial charge on any atom is 0.391 e. The molecular weight excluding hydrogens is 281 g/mol. The minimum atomic E-state index is -4.11. The van der Waals surface area contributed by atoms with Gasteiger partial charge in [-0.1, -0.05) is 6.42 Å². The van der Waals surface area contributed by atoms with Crippen LogP contribution in [0.5, 0.6) is 0 Å². The first-order valence-corrected chi connectivity index (χ1v) is 7.99. The van der Waals surface area contributed by atoms with Crippen molar-refractivity contribution < 1.29 is 18.0 Å². The van der Waals surface area contributed by atoms with Gasteiger partial charge in [0.2, 0.25) is 5.91 Å². The fourth-order valence-corrected chi connectivity index (χ4v) is 3.45. The van der Waals surface area contributed by atoms with E-state index in [1.807, 2.05) is 4.90 Å². The number of carbonyl (C=O) groups excluding carboxylic acids is 1. The minimum absolute atomic E-state index is 0.0313. The van der Waals surface area contributed by atoms with Crippen molar-refractivity contribution >= 4 is 5.91 Å². The third kappa shape index (κ3) is 4.59. The van der Waals surface area contributed by atoms with E-state index in [4.69, 9.17) is 0 Å². The fraction of sp³-hybridized carbons (Fsp3) is 0.933. The molecule has 1 saturated carbocycles. The van der Waals surface area contributed by atoms with E-state index >= 15 is 0 Å². The highest BCUT2D eigenvalue weighted by atomic mass is 19.4. The number of likely N-dealkylation sites (tertiary alicyclic amines) is 1. The van der Waals surface area contributed by atoms with Crippen molar-refractivity contribution in [2.45, 2.75) is 70.1 Å². The van der Waals surface area contributed by atoms with Gasteiger partial charge in [0.1, 0.15) is 0 Å². The van der Waals surface area contributed by atoms with E-state index in [0.29, 0.717) is 6.42 Å². The summed E-state index contributed by atoms with van der Waals surface area (Å²) in [5.74, 6) is -1.19. The van der Waals surface area contributed by atoms with Gasteiger partial charge in [0, 0.05) is 19.1 Å². The lowest BCUT2D eigenvalue weighted by Crippen LogP contribution is -2.51. The van der Waals surface area contributed by atoms with Crippen LogP contribution in [0, 0.1) is 5.92 Å². The van der Waals surface area contributed by atoms with Crippen LogP contribution < -0.4 is 5.32 Å². The second kappa shape index (κ2) is 6.99. The Labute approximate surface area is 124 Å². The zero-order valence-corrected chi connectivity index (χ0v) is 12.6. The van der Waals surface area contributed by atoms with E-state index in [0.717, 1.165) is 38.8 Å². The summed E-state index contributed by atoms with van der Waals surface area (Å²) < 4.78 is 38.4. The quantitative estimate of drug-likeness (QED) is 0.869. The summed E-state index contributed by atoms with van der Waals surface area (Å²) in [7, 11) is 0. The lowest BCUT2D eigenvalue weighted by Gasteiger charge is -2.34. The van der Waals surface area contributed by atoms with Crippen LogP contribution in [0.1, 0.15) is 51.9 Å². The highest BCUT2D eigenvalue weighted by molar-refractivity contribution is 5.81. The average Bonchev–Trinajstić information content (AvgIpc) is 2.47. The van der Waals surface area contributed by atoms with Gasteiger partial charge in [0.25, 0.3) is 0 Å². The number of hydrogen-bond acceptors (Lipinski definition) is 2. The molecule has 0 spiro atoms. The lowest BCUT2D eigenvalue weighted by atomic mass is 9.85. The molecule has 1 aliphatic heterocycles. The monoisotopic (exact) mass is 306 g/mol. The molecule has 3 nitrogen and oxygen atoms in total. The number of piperidine rings is 1. The SMILES string of the molecule is C[C@H](N[C@@H]1CCC[C@H](C(F)(F)F)C1)C(=O)N1CCCCC1. The van der Waals surface area contributed by atoms with Crippen LogP contribution in [0.3, 0.4) is 0 Å². The van der Waals surface area contributed by atoms with E-state index in [1.54, 1.807) is 6.92 Å². The molecular formula is C15H25F3N2O. The molecule has 0 aromatic rings. The molecule has 0 unspecified atom stereocenters. The van der Waals surface area contributed by atoms with Crippen molar-refractivity contribution in [1.82, 2.24) is 10.2 Å². The summed E-state index contributed by atoms with van der Waals surface area (Å²) in [6, 6.07) is -0.589. The number of carbonyl (C=O) groups is 1. The van der Waals surface area contributed by atoms with Gasteiger partial charge < -0.3 is 10.2 Å². The zero-order valence-electron chi connectivity index (χ0n) is 12.6. The molecule has 1 N–H and O–H groups in total. The first kappa shape index (κ1) is 16.6. The molecule has 0 aromatic heterocycles. The van der Waals surface area contributed by atoms with E-state index in [9.17, 15) is 18.0 Å². The largest absolute Gasteiger partial charge is 0.391 e. The minimum Gasteiger partial charge on any atom is -0.341 e. The number of amides is 1. The average molecular weight is 306 g/mol. The second-order valence-electron chi connectivity index (χ2n) is 6.38. The van der Waals surface area contributed by atoms with Gasteiger partial charge in [-0.2, -0.15) is 13.2 Å². The van der Waals surface area contributed by atoms with Gasteiger partial charge in [0.05, 0.1) is 12.0 Å². The molecule has 122 valence electrons. The summed E-state index contributed by atoms with van der Waals surface area (Å²) in [5.41, 5.74) is 0. The van der Waals surface area contributed by atoms with Crippen molar-refractivity contribution in [3.05, 3.63) is 0 Å². The summed E-state index contributed by atoms with van der Waals surface area (Å²) in [4.78, 5) is 14.1. The summed E-state index contributed by atoms with van der Waals surface area (Å²) in [5, 5.41) is 3.13. The maximum absolute atomic E-state index is 12.8. The third-order valence-electron chi connectivity index (χ3n) is 4.66. The molecule has 3 atom stereocenters. The predicted octanol–water partition coefficient (Wildman–Crippen LogP) is 3.10. The topological polar surface area (TPSA) is 32.3 Å². The molecule has 1 heterocycles. The summed E-state index contributed by atoms with van der Waals surface area (Å²) >= 11 is 0. The first-order valence-electron chi connectivity index (χ1n) is 7.99. The standard InChI is InChI=1S/C15H25F3N2O/c1-11(14(21)20-8-3-2-4-9-20)19-13-7-5-6-12(10-13)15(16,17)18/h11-13,19H,2-10H2,1H3/t11-,12-,13+/m0/s1. The van der Waals surface area contributed by atoms with Crippen molar-refractivity contribution in [1.29, 1.82) is 0 Å². The third-order valence-corrected chi connectivity index (χ3v) is 4.66. The van der Waals surface area contributed by atoms with Crippen LogP contribution >= 0.6 is 0 Å². The predicted molar refractivity (Wildman–Crippen MR) is 74.8 cm³/mol. The van der Waals surface area contributed by atoms with Crippen LogP contribution in [0.2, 0.25) is 0 Å². The molecule has 0 aromatic carbocycles.